The molecule has 0 bridgehead atoms. The maximum atomic E-state index is 13.3. The quantitative estimate of drug-likeness (QED) is 0.121. The van der Waals surface area contributed by atoms with Gasteiger partial charge in [0.05, 0.1) is 14.2 Å². The Kier molecular flexibility index (Phi) is 8.60. The monoisotopic (exact) mass is 528 g/mol. The number of nitrogens with one attached hydrogen (secondary N) is 4. The van der Waals surface area contributed by atoms with E-state index in [0.717, 1.165) is 16.5 Å². The van der Waals surface area contributed by atoms with Crippen LogP contribution in [0.2, 0.25) is 0 Å². The normalized spacial score (nSPS) is 11.7. The summed E-state index contributed by atoms with van der Waals surface area (Å²) in [5, 5.41) is 15.3. The highest BCUT2D eigenvalue weighted by Crippen LogP contribution is 2.28. The Morgan fingerprint density at radius 2 is 1.72 bits per heavy atom. The highest BCUT2D eigenvalue weighted by atomic mass is 16.5. The first-order valence-electron chi connectivity index (χ1n) is 12.0. The molecule has 0 spiro atoms. The zero-order chi connectivity index (χ0) is 27.8. The van der Waals surface area contributed by atoms with Crippen LogP contribution in [-0.2, 0) is 16.0 Å². The molecule has 200 valence electrons. The number of hydrogen-bond donors (Lipinski definition) is 5. The average Bonchev–Trinajstić information content (AvgIpc) is 3.38. The van der Waals surface area contributed by atoms with Crippen molar-refractivity contribution in [3.05, 3.63) is 95.7 Å². The molecule has 0 saturated heterocycles. The minimum Gasteiger partial charge on any atom is -0.493 e. The van der Waals surface area contributed by atoms with Gasteiger partial charge in [-0.1, -0.05) is 24.3 Å². The first-order chi connectivity index (χ1) is 18.9. The second-order valence-corrected chi connectivity index (χ2v) is 8.58. The fourth-order valence-electron chi connectivity index (χ4n) is 4.08. The second-order valence-electron chi connectivity index (χ2n) is 8.58. The Bertz CT molecular complexity index is 1510. The molecule has 1 aromatic heterocycles. The van der Waals surface area contributed by atoms with Crippen molar-refractivity contribution in [2.45, 2.75) is 12.5 Å². The maximum absolute atomic E-state index is 13.3. The number of hydroxylamine groups is 1. The van der Waals surface area contributed by atoms with Crippen LogP contribution in [0.1, 0.15) is 21.5 Å². The Hall–Kier alpha value is -5.09. The number of aromatic amines is 1. The summed E-state index contributed by atoms with van der Waals surface area (Å²) in [7, 11) is 3.07. The molecule has 4 rings (SSSR count). The number of rotatable bonds is 10. The number of anilines is 1. The van der Waals surface area contributed by atoms with Crippen molar-refractivity contribution in [1.29, 1.82) is 0 Å². The van der Waals surface area contributed by atoms with Crippen molar-refractivity contribution in [2.75, 3.05) is 19.5 Å². The van der Waals surface area contributed by atoms with Crippen LogP contribution in [0.4, 0.5) is 5.69 Å². The van der Waals surface area contributed by atoms with E-state index in [-0.39, 0.29) is 12.0 Å². The van der Waals surface area contributed by atoms with Gasteiger partial charge < -0.3 is 25.1 Å². The number of ether oxygens (including phenoxy) is 2. The lowest BCUT2D eigenvalue weighted by atomic mass is 10.0. The molecule has 5 N–H and O–H groups in total. The van der Waals surface area contributed by atoms with Crippen LogP contribution in [0.3, 0.4) is 0 Å². The summed E-state index contributed by atoms with van der Waals surface area (Å²) in [5.74, 6) is -0.468. The molecule has 10 nitrogen and oxygen atoms in total. The minimum atomic E-state index is -0.910. The van der Waals surface area contributed by atoms with E-state index in [9.17, 15) is 14.4 Å². The van der Waals surface area contributed by atoms with Crippen molar-refractivity contribution >= 4 is 40.4 Å². The smallest absolute Gasteiger partial charge is 0.274 e. The van der Waals surface area contributed by atoms with Crippen molar-refractivity contribution in [2.24, 2.45) is 0 Å². The molecule has 1 unspecified atom stereocenters. The van der Waals surface area contributed by atoms with Crippen LogP contribution in [0, 0.1) is 0 Å². The minimum absolute atomic E-state index is 0.222. The summed E-state index contributed by atoms with van der Waals surface area (Å²) in [6.45, 7) is 0. The Labute approximate surface area is 224 Å². The van der Waals surface area contributed by atoms with E-state index >= 15 is 0 Å². The molecule has 4 aromatic rings. The van der Waals surface area contributed by atoms with Crippen molar-refractivity contribution in [3.63, 3.8) is 0 Å². The molecule has 0 saturated carbocycles. The lowest BCUT2D eigenvalue weighted by Gasteiger charge is -2.18. The average molecular weight is 529 g/mol. The molecule has 1 heterocycles. The lowest BCUT2D eigenvalue weighted by molar-refractivity contribution is -0.123. The summed E-state index contributed by atoms with van der Waals surface area (Å²) in [4.78, 5) is 41.0. The zero-order valence-electron chi connectivity index (χ0n) is 21.4. The van der Waals surface area contributed by atoms with Crippen molar-refractivity contribution in [1.82, 2.24) is 15.8 Å². The van der Waals surface area contributed by atoms with Crippen LogP contribution >= 0.6 is 0 Å². The van der Waals surface area contributed by atoms with E-state index in [1.807, 2.05) is 30.5 Å². The Morgan fingerprint density at radius 3 is 2.44 bits per heavy atom. The standard InChI is InChI=1S/C29H28N4O6/c1-38-25-13-7-18(15-26(25)39-2)8-14-27(34)32-24(16-20-17-30-23-6-4-3-5-22(20)23)29(36)31-21-11-9-19(10-12-21)28(35)33-37/h3-15,17,24,30,37H,16H2,1-2H3,(H,31,36)(H,32,34)(H,33,35)/b14-8+. The predicted molar refractivity (Wildman–Crippen MR) is 147 cm³/mol. The number of H-pyrrole nitrogens is 1. The molecule has 0 aliphatic heterocycles. The van der Waals surface area contributed by atoms with E-state index in [1.54, 1.807) is 36.9 Å². The highest BCUT2D eigenvalue weighted by Gasteiger charge is 2.22. The largest absolute Gasteiger partial charge is 0.493 e. The van der Waals surface area contributed by atoms with Crippen LogP contribution in [0.15, 0.2) is 79.0 Å². The SMILES string of the molecule is COc1ccc(/C=C/C(=O)NC(Cc2c[nH]c3ccccc23)C(=O)Nc2ccc(C(=O)NO)cc2)cc1OC. The number of hydrogen-bond acceptors (Lipinski definition) is 6. The van der Waals surface area contributed by atoms with Gasteiger partial charge in [0, 0.05) is 40.8 Å². The number of carbonyl (C=O) groups is 3. The van der Waals surface area contributed by atoms with E-state index in [1.165, 1.54) is 37.5 Å². The summed E-state index contributed by atoms with van der Waals surface area (Å²) in [6.07, 6.45) is 5.01. The van der Waals surface area contributed by atoms with E-state index in [0.29, 0.717) is 22.7 Å². The first-order valence-corrected chi connectivity index (χ1v) is 12.0. The van der Waals surface area contributed by atoms with Gasteiger partial charge in [0.15, 0.2) is 11.5 Å². The van der Waals surface area contributed by atoms with Gasteiger partial charge in [-0.15, -0.1) is 0 Å². The molecule has 0 fully saturated rings. The van der Waals surface area contributed by atoms with E-state index in [4.69, 9.17) is 14.7 Å². The number of carbonyl (C=O) groups excluding carboxylic acids is 3. The fraction of sp³-hybridized carbons (Fsp3) is 0.138. The first kappa shape index (κ1) is 27.0. The van der Waals surface area contributed by atoms with E-state index < -0.39 is 23.8 Å². The van der Waals surface area contributed by atoms with Gasteiger partial charge in [-0.2, -0.15) is 0 Å². The van der Waals surface area contributed by atoms with Gasteiger partial charge in [0.25, 0.3) is 5.91 Å². The predicted octanol–water partition coefficient (Wildman–Crippen LogP) is 3.68. The van der Waals surface area contributed by atoms with Gasteiger partial charge in [0.1, 0.15) is 6.04 Å². The molecular formula is C29H28N4O6. The van der Waals surface area contributed by atoms with Gasteiger partial charge in [0.2, 0.25) is 11.8 Å². The molecule has 0 aliphatic carbocycles. The highest BCUT2D eigenvalue weighted by molar-refractivity contribution is 6.01. The number of fused-ring (bicyclic) bond motifs is 1. The summed E-state index contributed by atoms with van der Waals surface area (Å²) >= 11 is 0. The van der Waals surface area contributed by atoms with Crippen LogP contribution in [-0.4, -0.2) is 48.2 Å². The molecule has 10 heteroatoms. The number of amides is 3. The maximum Gasteiger partial charge on any atom is 0.274 e. The summed E-state index contributed by atoms with van der Waals surface area (Å²) in [5.41, 5.74) is 4.71. The van der Waals surface area contributed by atoms with Crippen molar-refractivity contribution < 1.29 is 29.1 Å². The number of para-hydroxylation sites is 1. The molecule has 39 heavy (non-hydrogen) atoms. The number of aromatic nitrogens is 1. The summed E-state index contributed by atoms with van der Waals surface area (Å²) in [6, 6.07) is 18.0. The second kappa shape index (κ2) is 12.4. The lowest BCUT2D eigenvalue weighted by Crippen LogP contribution is -2.44. The third-order valence-corrected chi connectivity index (χ3v) is 6.08. The molecule has 3 amide bonds. The number of benzene rings is 3. The summed E-state index contributed by atoms with van der Waals surface area (Å²) < 4.78 is 10.5. The Balaban J connectivity index is 1.53. The molecule has 0 aliphatic rings. The Morgan fingerprint density at radius 1 is 0.974 bits per heavy atom. The van der Waals surface area contributed by atoms with Gasteiger partial charge in [-0.25, -0.2) is 5.48 Å². The van der Waals surface area contributed by atoms with Crippen LogP contribution < -0.4 is 25.6 Å². The molecule has 1 atom stereocenters. The topological polar surface area (TPSA) is 142 Å². The van der Waals surface area contributed by atoms with Gasteiger partial charge >= 0.3 is 0 Å². The molecule has 0 radical (unpaired) electrons. The third kappa shape index (κ3) is 6.62. The van der Waals surface area contributed by atoms with Gasteiger partial charge in [-0.3, -0.25) is 19.6 Å². The number of methoxy groups -OCH3 is 2. The van der Waals surface area contributed by atoms with Crippen molar-refractivity contribution in [3.8, 4) is 11.5 Å². The zero-order valence-corrected chi connectivity index (χ0v) is 21.4. The fourth-order valence-corrected chi connectivity index (χ4v) is 4.08. The molecular weight excluding hydrogens is 500 g/mol. The molecule has 3 aromatic carbocycles. The van der Waals surface area contributed by atoms with Crippen LogP contribution in [0.5, 0.6) is 11.5 Å². The van der Waals surface area contributed by atoms with E-state index in [2.05, 4.69) is 15.6 Å². The van der Waals surface area contributed by atoms with Gasteiger partial charge in [-0.05, 0) is 59.7 Å². The van der Waals surface area contributed by atoms with Crippen LogP contribution in [0.25, 0.3) is 17.0 Å². The third-order valence-electron chi connectivity index (χ3n) is 6.08.